The van der Waals surface area contributed by atoms with Crippen LogP contribution < -0.4 is 4.74 Å². The van der Waals surface area contributed by atoms with Gasteiger partial charge in [0.05, 0.1) is 7.11 Å². The maximum absolute atomic E-state index is 10.4. The lowest BCUT2D eigenvalue weighted by Gasteiger charge is -2.03. The molecule has 0 saturated heterocycles. The molecule has 0 fully saturated rings. The van der Waals surface area contributed by atoms with E-state index in [0.717, 1.165) is 17.6 Å². The van der Waals surface area contributed by atoms with E-state index >= 15 is 0 Å². The molecule has 0 amide bonds. The standard InChI is InChI=1S/C11H12O2/c1-9(8-12)7-10-5-3-4-6-11(10)13-2/h3-8H,1-2H3/b9-7+. The fourth-order valence-electron chi connectivity index (χ4n) is 1.06. The van der Waals surface area contributed by atoms with Gasteiger partial charge in [0.15, 0.2) is 0 Å². The maximum Gasteiger partial charge on any atom is 0.145 e. The largest absolute Gasteiger partial charge is 0.496 e. The van der Waals surface area contributed by atoms with Crippen molar-refractivity contribution in [1.82, 2.24) is 0 Å². The quantitative estimate of drug-likeness (QED) is 0.521. The summed E-state index contributed by atoms with van der Waals surface area (Å²) in [5, 5.41) is 0. The van der Waals surface area contributed by atoms with Gasteiger partial charge in [-0.15, -0.1) is 0 Å². The Kier molecular flexibility index (Phi) is 3.26. The number of rotatable bonds is 3. The average molecular weight is 176 g/mol. The van der Waals surface area contributed by atoms with Crippen LogP contribution in [0.2, 0.25) is 0 Å². The Morgan fingerprint density at radius 2 is 2.08 bits per heavy atom. The highest BCUT2D eigenvalue weighted by Crippen LogP contribution is 2.19. The Morgan fingerprint density at radius 3 is 2.69 bits per heavy atom. The van der Waals surface area contributed by atoms with Gasteiger partial charge in [-0.25, -0.2) is 0 Å². The van der Waals surface area contributed by atoms with Gasteiger partial charge in [-0.2, -0.15) is 0 Å². The normalized spacial score (nSPS) is 11.1. The second kappa shape index (κ2) is 4.45. The number of hydrogen-bond acceptors (Lipinski definition) is 2. The molecule has 13 heavy (non-hydrogen) atoms. The highest BCUT2D eigenvalue weighted by atomic mass is 16.5. The summed E-state index contributed by atoms with van der Waals surface area (Å²) in [6.45, 7) is 1.76. The first kappa shape index (κ1) is 9.52. The topological polar surface area (TPSA) is 26.3 Å². The summed E-state index contributed by atoms with van der Waals surface area (Å²) in [5.41, 5.74) is 1.61. The SMILES string of the molecule is COc1ccccc1/C=C(\C)C=O. The van der Waals surface area contributed by atoms with Gasteiger partial charge >= 0.3 is 0 Å². The molecule has 0 saturated carbocycles. The lowest BCUT2D eigenvalue weighted by molar-refractivity contribution is -0.104. The molecule has 0 aromatic heterocycles. The van der Waals surface area contributed by atoms with E-state index in [9.17, 15) is 4.79 Å². The molecule has 2 nitrogen and oxygen atoms in total. The summed E-state index contributed by atoms with van der Waals surface area (Å²) in [7, 11) is 1.61. The fourth-order valence-corrected chi connectivity index (χ4v) is 1.06. The Balaban J connectivity index is 3.06. The van der Waals surface area contributed by atoms with E-state index in [-0.39, 0.29) is 0 Å². The predicted molar refractivity (Wildman–Crippen MR) is 52.7 cm³/mol. The summed E-state index contributed by atoms with van der Waals surface area (Å²) in [4.78, 5) is 10.4. The molecule has 0 radical (unpaired) electrons. The zero-order valence-corrected chi connectivity index (χ0v) is 7.78. The lowest BCUT2D eigenvalue weighted by Crippen LogP contribution is -1.86. The van der Waals surface area contributed by atoms with Crippen molar-refractivity contribution in [2.75, 3.05) is 7.11 Å². The molecule has 1 rings (SSSR count). The van der Waals surface area contributed by atoms with Crippen molar-refractivity contribution in [1.29, 1.82) is 0 Å². The molecular weight excluding hydrogens is 164 g/mol. The lowest BCUT2D eigenvalue weighted by atomic mass is 10.1. The van der Waals surface area contributed by atoms with Crippen LogP contribution in [0.4, 0.5) is 0 Å². The van der Waals surface area contributed by atoms with Crippen LogP contribution in [0.3, 0.4) is 0 Å². The Labute approximate surface area is 77.8 Å². The first-order valence-corrected chi connectivity index (χ1v) is 4.04. The van der Waals surface area contributed by atoms with E-state index in [1.54, 1.807) is 20.1 Å². The molecule has 0 aliphatic heterocycles. The molecule has 1 aromatic rings. The van der Waals surface area contributed by atoms with E-state index in [2.05, 4.69) is 0 Å². The van der Waals surface area contributed by atoms with Gasteiger partial charge in [0.2, 0.25) is 0 Å². The van der Waals surface area contributed by atoms with Crippen molar-refractivity contribution in [2.24, 2.45) is 0 Å². The molecule has 68 valence electrons. The summed E-state index contributed by atoms with van der Waals surface area (Å²) in [5.74, 6) is 0.781. The molecule has 1 aromatic carbocycles. The van der Waals surface area contributed by atoms with Crippen molar-refractivity contribution < 1.29 is 9.53 Å². The number of benzene rings is 1. The molecule has 0 unspecified atom stereocenters. The number of aldehydes is 1. The third-order valence-electron chi connectivity index (χ3n) is 1.71. The fraction of sp³-hybridized carbons (Fsp3) is 0.182. The Bertz CT molecular complexity index is 327. The van der Waals surface area contributed by atoms with Crippen LogP contribution in [-0.2, 0) is 4.79 Å². The van der Waals surface area contributed by atoms with Crippen LogP contribution in [0.5, 0.6) is 5.75 Å². The molecule has 0 bridgehead atoms. The third-order valence-corrected chi connectivity index (χ3v) is 1.71. The second-order valence-electron chi connectivity index (χ2n) is 2.75. The number of hydrogen-bond donors (Lipinski definition) is 0. The minimum Gasteiger partial charge on any atom is -0.496 e. The van der Waals surface area contributed by atoms with Gasteiger partial charge in [-0.05, 0) is 24.6 Å². The summed E-state index contributed by atoms with van der Waals surface area (Å²) in [6.07, 6.45) is 2.62. The highest BCUT2D eigenvalue weighted by molar-refractivity contribution is 5.81. The Hall–Kier alpha value is -1.57. The van der Waals surface area contributed by atoms with Gasteiger partial charge < -0.3 is 4.74 Å². The molecule has 0 spiro atoms. The summed E-state index contributed by atoms with van der Waals surface area (Å²) >= 11 is 0. The number of para-hydroxylation sites is 1. The monoisotopic (exact) mass is 176 g/mol. The van der Waals surface area contributed by atoms with E-state index in [1.807, 2.05) is 24.3 Å². The smallest absolute Gasteiger partial charge is 0.145 e. The number of methoxy groups -OCH3 is 1. The molecular formula is C11H12O2. The third kappa shape index (κ3) is 2.44. The van der Waals surface area contributed by atoms with Crippen LogP contribution >= 0.6 is 0 Å². The van der Waals surface area contributed by atoms with Gasteiger partial charge in [-0.3, -0.25) is 4.79 Å². The van der Waals surface area contributed by atoms with E-state index < -0.39 is 0 Å². The van der Waals surface area contributed by atoms with E-state index in [4.69, 9.17) is 4.74 Å². The van der Waals surface area contributed by atoms with Gasteiger partial charge in [-0.1, -0.05) is 18.2 Å². The number of carbonyl (C=O) groups is 1. The summed E-state index contributed by atoms with van der Waals surface area (Å²) < 4.78 is 5.13. The molecule has 0 N–H and O–H groups in total. The number of carbonyl (C=O) groups excluding carboxylic acids is 1. The number of ether oxygens (including phenoxy) is 1. The van der Waals surface area contributed by atoms with Gasteiger partial charge in [0, 0.05) is 5.56 Å². The molecule has 0 aliphatic rings. The average Bonchev–Trinajstić information content (AvgIpc) is 2.18. The second-order valence-corrected chi connectivity index (χ2v) is 2.75. The minimum absolute atomic E-state index is 0.685. The minimum atomic E-state index is 0.685. The van der Waals surface area contributed by atoms with Crippen molar-refractivity contribution in [3.05, 3.63) is 35.4 Å². The van der Waals surface area contributed by atoms with Gasteiger partial charge in [0.25, 0.3) is 0 Å². The van der Waals surface area contributed by atoms with Crippen LogP contribution in [0.1, 0.15) is 12.5 Å². The van der Waals surface area contributed by atoms with E-state index in [0.29, 0.717) is 5.57 Å². The van der Waals surface area contributed by atoms with Crippen molar-refractivity contribution in [2.45, 2.75) is 6.92 Å². The van der Waals surface area contributed by atoms with Crippen LogP contribution in [0.25, 0.3) is 6.08 Å². The first-order chi connectivity index (χ1) is 6.27. The van der Waals surface area contributed by atoms with Crippen LogP contribution in [0, 0.1) is 0 Å². The molecule has 0 heterocycles. The first-order valence-electron chi connectivity index (χ1n) is 4.04. The Morgan fingerprint density at radius 1 is 1.38 bits per heavy atom. The highest BCUT2D eigenvalue weighted by Gasteiger charge is 1.97. The predicted octanol–water partition coefficient (Wildman–Crippen LogP) is 2.30. The summed E-state index contributed by atoms with van der Waals surface area (Å²) in [6, 6.07) is 7.58. The number of allylic oxidation sites excluding steroid dienone is 1. The van der Waals surface area contributed by atoms with Crippen LogP contribution in [0.15, 0.2) is 29.8 Å². The molecule has 0 atom stereocenters. The van der Waals surface area contributed by atoms with Gasteiger partial charge in [0.1, 0.15) is 12.0 Å². The van der Waals surface area contributed by atoms with Crippen molar-refractivity contribution in [3.63, 3.8) is 0 Å². The molecule has 0 aliphatic carbocycles. The molecule has 2 heteroatoms. The van der Waals surface area contributed by atoms with E-state index in [1.165, 1.54) is 0 Å². The maximum atomic E-state index is 10.4. The van der Waals surface area contributed by atoms with Crippen molar-refractivity contribution >= 4 is 12.4 Å². The zero-order chi connectivity index (χ0) is 9.68. The van der Waals surface area contributed by atoms with Crippen LogP contribution in [-0.4, -0.2) is 13.4 Å². The van der Waals surface area contributed by atoms with Crippen molar-refractivity contribution in [3.8, 4) is 5.75 Å². The zero-order valence-electron chi connectivity index (χ0n) is 7.78.